The van der Waals surface area contributed by atoms with E-state index in [-0.39, 0.29) is 37.9 Å². The zero-order chi connectivity index (χ0) is 60.8. The molecule has 0 aromatic heterocycles. The normalized spacial score (nSPS) is 53.0. The van der Waals surface area contributed by atoms with Crippen LogP contribution in [0.15, 0.2) is 0 Å². The zero-order valence-corrected chi connectivity index (χ0v) is 55.9. The molecule has 1 N–H and O–H groups in total. The van der Waals surface area contributed by atoms with Gasteiger partial charge in [0.15, 0.2) is 0 Å². The SMILES string of the molecule is CCC(C)(C)C(=O)OC12CC3(OCOC4C5CC6CC(C5)CC4C6)CC(OCOC4C5CC6CC(C5)CC4C6)(CC(OCOC45CC6CC(CC(C6)C4)C5)(C3)C1)C2.CCC(C)(C)C(=O)OC12CC3CC(O)(CC(OCOC4C5CC6CC(C5)CC4C6)(C3)C1)C2. The Bertz CT molecular complexity index is 2500. The summed E-state index contributed by atoms with van der Waals surface area (Å²) in [5.74, 6) is 12.2. The minimum Gasteiger partial charge on any atom is -0.458 e. The lowest BCUT2D eigenvalue weighted by Crippen LogP contribution is -2.74. The van der Waals surface area contributed by atoms with Crippen LogP contribution in [0.3, 0.4) is 0 Å². The third-order valence-electron chi connectivity index (χ3n) is 30.3. The minimum atomic E-state index is -0.779. The molecular formula is C76H116O13. The molecule has 24 aliphatic rings. The Balaban J connectivity index is 0.000000162. The lowest BCUT2D eigenvalue weighted by molar-refractivity contribution is -0.363. The summed E-state index contributed by atoms with van der Waals surface area (Å²) in [7, 11) is 0. The number of carbonyl (C=O) groups is 2. The number of carbonyl (C=O) groups excluding carboxylic acids is 2. The molecule has 0 aromatic carbocycles. The van der Waals surface area contributed by atoms with Crippen LogP contribution in [0.2, 0.25) is 0 Å². The fourth-order valence-corrected chi connectivity index (χ4v) is 27.9. The zero-order valence-electron chi connectivity index (χ0n) is 55.9. The molecule has 6 unspecified atom stereocenters. The van der Waals surface area contributed by atoms with Crippen LogP contribution in [0, 0.1) is 106 Å². The lowest BCUT2D eigenvalue weighted by atomic mass is 9.48. The molecule has 0 aromatic rings. The van der Waals surface area contributed by atoms with Crippen LogP contribution in [-0.4, -0.2) is 107 Å². The van der Waals surface area contributed by atoms with E-state index in [0.29, 0.717) is 93.2 Å². The van der Waals surface area contributed by atoms with Gasteiger partial charge in [-0.15, -0.1) is 0 Å². The van der Waals surface area contributed by atoms with Gasteiger partial charge in [-0.2, -0.15) is 0 Å². The van der Waals surface area contributed by atoms with Gasteiger partial charge in [-0.3, -0.25) is 9.59 Å². The number of ether oxygens (including phenoxy) is 10. The van der Waals surface area contributed by atoms with Crippen LogP contribution in [-0.2, 0) is 57.0 Å². The Kier molecular flexibility index (Phi) is 15.0. The fraction of sp³-hybridized carbons (Fsp3) is 0.974. The van der Waals surface area contributed by atoms with Gasteiger partial charge in [0.25, 0.3) is 0 Å². The Morgan fingerprint density at radius 2 is 0.607 bits per heavy atom. The summed E-state index contributed by atoms with van der Waals surface area (Å²) < 4.78 is 68.6. The standard InChI is InChI=1S/C49H74O8.C27H42O5/c1-4-44(2,3)43(50)57-49-24-46(53-27-51-41-37-10-30-5-31(12-37)13-38(41)11-30)21-47(25-49,54-28-52-42-39-14-32-6-33(16-39)17-40(42)15-32)23-48(22-46,26-49)56-29-55-45-18-34-7-35(19-45)9-36(8-34)20-45;1-4-24(2,3)23(28)32-27-12-19-10-25(29,14-27)13-26(11-19,15-27)31-16-30-22-20-6-17-5-18(8-20)9-21(22)7-17/h30-42H,4-29H2,1-3H3;17-22,29H,4-16H2,1-3H3. The Hall–Kier alpha value is -1.42. The van der Waals surface area contributed by atoms with Crippen molar-refractivity contribution in [3.05, 3.63) is 0 Å². The molecule has 13 nitrogen and oxygen atoms in total. The largest absolute Gasteiger partial charge is 0.458 e. The van der Waals surface area contributed by atoms with Crippen molar-refractivity contribution in [2.75, 3.05) is 27.2 Å². The first-order valence-electron chi connectivity index (χ1n) is 37.7. The predicted octanol–water partition coefficient (Wildman–Crippen LogP) is 14.9. The number of hydrogen-bond acceptors (Lipinski definition) is 13. The molecule has 0 radical (unpaired) electrons. The predicted molar refractivity (Wildman–Crippen MR) is 332 cm³/mol. The smallest absolute Gasteiger partial charge is 0.312 e. The van der Waals surface area contributed by atoms with Gasteiger partial charge in [0.1, 0.15) is 38.4 Å². The van der Waals surface area contributed by atoms with E-state index in [4.69, 9.17) is 47.4 Å². The first-order valence-corrected chi connectivity index (χ1v) is 37.7. The quantitative estimate of drug-likeness (QED) is 0.0811. The molecule has 24 saturated carbocycles. The van der Waals surface area contributed by atoms with E-state index in [1.54, 1.807) is 0 Å². The molecule has 13 heteroatoms. The highest BCUT2D eigenvalue weighted by Gasteiger charge is 2.73. The summed E-state index contributed by atoms with van der Waals surface area (Å²) in [5.41, 5.74) is -5.39. The summed E-state index contributed by atoms with van der Waals surface area (Å²) in [5, 5.41) is 11.4. The summed E-state index contributed by atoms with van der Waals surface area (Å²) in [6.07, 6.45) is 39.4. The summed E-state index contributed by atoms with van der Waals surface area (Å²) >= 11 is 0. The average molecular weight is 1240 g/mol. The number of rotatable bonds is 22. The topological polar surface area (TPSA) is 147 Å². The van der Waals surface area contributed by atoms with Crippen molar-refractivity contribution in [2.24, 2.45) is 106 Å². The monoisotopic (exact) mass is 1240 g/mol. The Labute approximate surface area is 533 Å². The highest BCUT2D eigenvalue weighted by Crippen LogP contribution is 2.68. The van der Waals surface area contributed by atoms with E-state index in [1.807, 2.05) is 34.6 Å². The van der Waals surface area contributed by atoms with Gasteiger partial charge in [0.2, 0.25) is 0 Å². The molecule has 0 spiro atoms. The first-order chi connectivity index (χ1) is 42.5. The molecular weight excluding hydrogens is 1120 g/mol. The average Bonchev–Trinajstić information content (AvgIpc) is 0.697. The molecule has 0 amide bonds. The highest BCUT2D eigenvalue weighted by molar-refractivity contribution is 5.77. The Morgan fingerprint density at radius 3 is 0.978 bits per heavy atom. The van der Waals surface area contributed by atoms with E-state index in [0.717, 1.165) is 116 Å². The van der Waals surface area contributed by atoms with Gasteiger partial charge in [-0.05, 0) is 289 Å². The molecule has 6 atom stereocenters. The van der Waals surface area contributed by atoms with Crippen LogP contribution in [0.4, 0.5) is 0 Å². The van der Waals surface area contributed by atoms with E-state index < -0.39 is 50.0 Å². The van der Waals surface area contributed by atoms with Crippen molar-refractivity contribution in [3.63, 3.8) is 0 Å². The van der Waals surface area contributed by atoms with Crippen LogP contribution in [0.1, 0.15) is 266 Å². The molecule has 0 aliphatic heterocycles. The van der Waals surface area contributed by atoms with Crippen LogP contribution >= 0.6 is 0 Å². The van der Waals surface area contributed by atoms with Crippen molar-refractivity contribution >= 4 is 11.9 Å². The summed E-state index contributed by atoms with van der Waals surface area (Å²) in [6, 6.07) is 0. The molecule has 0 heterocycles. The van der Waals surface area contributed by atoms with Crippen molar-refractivity contribution in [1.29, 1.82) is 0 Å². The molecule has 89 heavy (non-hydrogen) atoms. The minimum absolute atomic E-state index is 0.0340. The van der Waals surface area contributed by atoms with E-state index >= 15 is 0 Å². The number of aliphatic hydroxyl groups is 1. The maximum absolute atomic E-state index is 14.2. The van der Waals surface area contributed by atoms with Gasteiger partial charge < -0.3 is 52.5 Å². The molecule has 24 aliphatic carbocycles. The van der Waals surface area contributed by atoms with Crippen LogP contribution in [0.25, 0.3) is 0 Å². The van der Waals surface area contributed by atoms with Crippen molar-refractivity contribution in [1.82, 2.24) is 0 Å². The second-order valence-corrected chi connectivity index (χ2v) is 38.1. The van der Waals surface area contributed by atoms with Crippen LogP contribution in [0.5, 0.6) is 0 Å². The third-order valence-corrected chi connectivity index (χ3v) is 30.3. The van der Waals surface area contributed by atoms with E-state index in [2.05, 4.69) is 6.92 Å². The van der Waals surface area contributed by atoms with Gasteiger partial charge in [0.05, 0.1) is 62.7 Å². The fourth-order valence-electron chi connectivity index (χ4n) is 27.9. The van der Waals surface area contributed by atoms with Crippen molar-refractivity contribution < 1.29 is 62.1 Å². The highest BCUT2D eigenvalue weighted by atomic mass is 16.7. The maximum Gasteiger partial charge on any atom is 0.312 e. The number of esters is 2. The summed E-state index contributed by atoms with van der Waals surface area (Å²) in [6.45, 7) is 13.3. The Morgan fingerprint density at radius 1 is 0.326 bits per heavy atom. The summed E-state index contributed by atoms with van der Waals surface area (Å²) in [4.78, 5) is 27.2. The molecule has 0 saturated heterocycles. The number of hydrogen-bond donors (Lipinski definition) is 1. The second kappa shape index (κ2) is 21.8. The molecule has 24 fully saturated rings. The van der Waals surface area contributed by atoms with E-state index in [9.17, 15) is 14.7 Å². The van der Waals surface area contributed by atoms with E-state index in [1.165, 1.54) is 135 Å². The van der Waals surface area contributed by atoms with Crippen molar-refractivity contribution in [2.45, 2.75) is 329 Å². The lowest BCUT2D eigenvalue weighted by Gasteiger charge is -2.68. The first kappa shape index (κ1) is 61.2. The third kappa shape index (κ3) is 11.2. The second-order valence-electron chi connectivity index (χ2n) is 38.1. The van der Waals surface area contributed by atoms with Gasteiger partial charge in [-0.25, -0.2) is 0 Å². The van der Waals surface area contributed by atoms with Crippen molar-refractivity contribution in [3.8, 4) is 0 Å². The van der Waals surface area contributed by atoms with Gasteiger partial charge >= 0.3 is 11.9 Å². The molecule has 24 rings (SSSR count). The molecule has 24 bridgehead atoms. The maximum atomic E-state index is 14.2. The van der Waals surface area contributed by atoms with Gasteiger partial charge in [0, 0.05) is 57.8 Å². The molecule has 498 valence electrons. The van der Waals surface area contributed by atoms with Gasteiger partial charge in [-0.1, -0.05) is 13.8 Å². The van der Waals surface area contributed by atoms with Crippen LogP contribution < -0.4 is 0 Å².